The van der Waals surface area contributed by atoms with Crippen molar-refractivity contribution in [2.75, 3.05) is 14.7 Å². The zero-order valence-electron chi connectivity index (χ0n) is 30.2. The van der Waals surface area contributed by atoms with Crippen LogP contribution in [0.3, 0.4) is 0 Å². The van der Waals surface area contributed by atoms with Gasteiger partial charge in [-0.25, -0.2) is 0 Å². The van der Waals surface area contributed by atoms with Gasteiger partial charge in [0.2, 0.25) is 0 Å². The smallest absolute Gasteiger partial charge is 0.0452 e. The van der Waals surface area contributed by atoms with Crippen molar-refractivity contribution in [1.82, 2.24) is 0 Å². The quantitative estimate of drug-likeness (QED) is 0.227. The summed E-state index contributed by atoms with van der Waals surface area (Å²) < 4.78 is 0. The molecule has 0 heterocycles. The van der Waals surface area contributed by atoms with E-state index in [9.17, 15) is 0 Å². The van der Waals surface area contributed by atoms with Gasteiger partial charge in [-0.3, -0.25) is 0 Å². The molecule has 7 aliphatic rings. The van der Waals surface area contributed by atoms with Crippen molar-refractivity contribution < 1.29 is 0 Å². The first-order valence-electron chi connectivity index (χ1n) is 20.7. The van der Waals surface area contributed by atoms with E-state index in [1.807, 2.05) is 0 Å². The fourth-order valence-corrected chi connectivity index (χ4v) is 13.5. The van der Waals surface area contributed by atoms with E-state index in [4.69, 9.17) is 0 Å². The van der Waals surface area contributed by atoms with Gasteiger partial charge < -0.3 is 14.7 Å². The molecule has 3 aromatic rings. The standard InChI is InChI=1S/C46H61N3/c1-7-19-38(20-8-1)47(39-21-9-2-10-22-39)44-31-37-32-45(34-44,48(40-23-11-3-12-24-40)41-25-13-4-14-26-41)36-46(33-37,35-44)49(42-27-15-5-16-28-42)43-29-17-6-18-30-43/h1,3,5,7-8,11-12,15-16,19-20,23-24,27-28,37,39,41,43H,2,4,6,9-10,13-14,17-18,21-22,25-26,29-36H2. The lowest BCUT2D eigenvalue weighted by molar-refractivity contribution is -0.0554. The van der Waals surface area contributed by atoms with Crippen LogP contribution in [0.25, 0.3) is 0 Å². The molecule has 0 aromatic heterocycles. The Kier molecular flexibility index (Phi) is 8.69. The summed E-state index contributed by atoms with van der Waals surface area (Å²) in [4.78, 5) is 9.40. The first-order chi connectivity index (χ1) is 24.2. The SMILES string of the molecule is c1ccc(N(C2CCCCC2)C23CC4CC(N(c5ccccc5)C5CCCCC5)(C2)CC(N(c2ccccc2)C2CCCCC2)(C4)C3)cc1. The Morgan fingerprint density at radius 1 is 0.347 bits per heavy atom. The fraction of sp³-hybridized carbons (Fsp3) is 0.609. The third-order valence-corrected chi connectivity index (χ3v) is 14.4. The molecule has 0 atom stereocenters. The molecule has 7 aliphatic carbocycles. The minimum atomic E-state index is 0.173. The van der Waals surface area contributed by atoms with Gasteiger partial charge in [-0.15, -0.1) is 0 Å². The molecule has 0 spiro atoms. The number of anilines is 3. The molecule has 7 saturated carbocycles. The van der Waals surface area contributed by atoms with E-state index in [1.54, 1.807) is 0 Å². The van der Waals surface area contributed by atoms with Crippen molar-refractivity contribution in [2.24, 2.45) is 5.92 Å². The van der Waals surface area contributed by atoms with Crippen LogP contribution in [-0.4, -0.2) is 34.7 Å². The van der Waals surface area contributed by atoms with E-state index in [1.165, 1.54) is 152 Å². The van der Waals surface area contributed by atoms with Crippen molar-refractivity contribution in [1.29, 1.82) is 0 Å². The molecular weight excluding hydrogens is 595 g/mol. The maximum Gasteiger partial charge on any atom is 0.0452 e. The third kappa shape index (κ3) is 5.80. The highest BCUT2D eigenvalue weighted by Crippen LogP contribution is 2.67. The van der Waals surface area contributed by atoms with Crippen LogP contribution in [0.15, 0.2) is 91.0 Å². The van der Waals surface area contributed by atoms with Crippen LogP contribution in [0.4, 0.5) is 17.1 Å². The fourth-order valence-electron chi connectivity index (χ4n) is 13.5. The largest absolute Gasteiger partial charge is 0.363 e. The van der Waals surface area contributed by atoms with Gasteiger partial charge >= 0.3 is 0 Å². The number of rotatable bonds is 9. The minimum absolute atomic E-state index is 0.173. The molecule has 0 amide bonds. The number of hydrogen-bond donors (Lipinski definition) is 0. The van der Waals surface area contributed by atoms with Gasteiger partial charge in [0.15, 0.2) is 0 Å². The number of para-hydroxylation sites is 3. The van der Waals surface area contributed by atoms with Gasteiger partial charge in [0.1, 0.15) is 0 Å². The Morgan fingerprint density at radius 3 is 0.878 bits per heavy atom. The maximum absolute atomic E-state index is 3.13. The molecular formula is C46H61N3. The maximum atomic E-state index is 3.13. The number of benzene rings is 3. The van der Waals surface area contributed by atoms with Gasteiger partial charge in [0, 0.05) is 51.8 Å². The molecule has 7 fully saturated rings. The van der Waals surface area contributed by atoms with Gasteiger partial charge in [-0.1, -0.05) is 112 Å². The van der Waals surface area contributed by atoms with Crippen molar-refractivity contribution in [2.45, 2.75) is 170 Å². The van der Waals surface area contributed by atoms with Gasteiger partial charge in [-0.05, 0) is 119 Å². The summed E-state index contributed by atoms with van der Waals surface area (Å²) in [7, 11) is 0. The van der Waals surface area contributed by atoms with Crippen molar-refractivity contribution in [3.05, 3.63) is 91.0 Å². The minimum Gasteiger partial charge on any atom is -0.363 e. The highest BCUT2D eigenvalue weighted by atomic mass is 15.3. The summed E-state index contributed by atoms with van der Waals surface area (Å²) in [6.07, 6.45) is 28.8. The lowest BCUT2D eigenvalue weighted by atomic mass is 9.45. The van der Waals surface area contributed by atoms with Crippen molar-refractivity contribution >= 4 is 17.1 Å². The average Bonchev–Trinajstić information content (AvgIpc) is 3.14. The van der Waals surface area contributed by atoms with Crippen LogP contribution in [0.5, 0.6) is 0 Å². The first-order valence-corrected chi connectivity index (χ1v) is 20.7. The summed E-state index contributed by atoms with van der Waals surface area (Å²) in [6.45, 7) is 0. The summed E-state index contributed by atoms with van der Waals surface area (Å²) in [5.74, 6) is 0.760. The summed E-state index contributed by atoms with van der Waals surface area (Å²) >= 11 is 0. The number of nitrogens with zero attached hydrogens (tertiary/aromatic N) is 3. The van der Waals surface area contributed by atoms with Crippen LogP contribution in [0.1, 0.15) is 135 Å². The zero-order chi connectivity index (χ0) is 32.7. The van der Waals surface area contributed by atoms with E-state index in [-0.39, 0.29) is 16.6 Å². The molecule has 0 unspecified atom stereocenters. The van der Waals surface area contributed by atoms with E-state index >= 15 is 0 Å². The molecule has 10 rings (SSSR count). The highest BCUT2D eigenvalue weighted by Gasteiger charge is 2.69. The lowest BCUT2D eigenvalue weighted by Gasteiger charge is -2.75. The van der Waals surface area contributed by atoms with Crippen molar-refractivity contribution in [3.63, 3.8) is 0 Å². The van der Waals surface area contributed by atoms with Gasteiger partial charge in [-0.2, -0.15) is 0 Å². The molecule has 4 bridgehead atoms. The topological polar surface area (TPSA) is 9.72 Å². The zero-order valence-corrected chi connectivity index (χ0v) is 30.2. The molecule has 0 aliphatic heterocycles. The highest BCUT2D eigenvalue weighted by molar-refractivity contribution is 5.59. The Bertz CT molecular complexity index is 1310. The lowest BCUT2D eigenvalue weighted by Crippen LogP contribution is -2.80. The third-order valence-electron chi connectivity index (χ3n) is 14.4. The van der Waals surface area contributed by atoms with E-state index in [2.05, 4.69) is 106 Å². The summed E-state index contributed by atoms with van der Waals surface area (Å²) in [5.41, 5.74) is 5.04. The average molecular weight is 656 g/mol. The van der Waals surface area contributed by atoms with Crippen molar-refractivity contribution in [3.8, 4) is 0 Å². The van der Waals surface area contributed by atoms with E-state index < -0.39 is 0 Å². The molecule has 0 radical (unpaired) electrons. The molecule has 0 saturated heterocycles. The second kappa shape index (κ2) is 13.3. The predicted molar refractivity (Wildman–Crippen MR) is 207 cm³/mol. The predicted octanol–water partition coefficient (Wildman–Crippen LogP) is 11.7. The van der Waals surface area contributed by atoms with Crippen LogP contribution >= 0.6 is 0 Å². The second-order valence-electron chi connectivity index (χ2n) is 17.7. The first kappa shape index (κ1) is 32.0. The van der Waals surface area contributed by atoms with Gasteiger partial charge in [0.05, 0.1) is 0 Å². The molecule has 260 valence electrons. The van der Waals surface area contributed by atoms with Crippen LogP contribution in [0, 0.1) is 5.92 Å². The van der Waals surface area contributed by atoms with Crippen LogP contribution in [0.2, 0.25) is 0 Å². The van der Waals surface area contributed by atoms with Gasteiger partial charge in [0.25, 0.3) is 0 Å². The van der Waals surface area contributed by atoms with Crippen LogP contribution in [-0.2, 0) is 0 Å². The Hall–Kier alpha value is -2.94. The van der Waals surface area contributed by atoms with E-state index in [0.29, 0.717) is 18.1 Å². The molecule has 3 aromatic carbocycles. The summed E-state index contributed by atoms with van der Waals surface area (Å²) in [6, 6.07) is 37.6. The normalized spacial score (nSPS) is 32.2. The number of hydrogen-bond acceptors (Lipinski definition) is 3. The Morgan fingerprint density at radius 2 is 0.612 bits per heavy atom. The Balaban J connectivity index is 1.25. The monoisotopic (exact) mass is 655 g/mol. The second-order valence-corrected chi connectivity index (χ2v) is 17.7. The molecule has 3 heteroatoms. The van der Waals surface area contributed by atoms with Crippen LogP contribution < -0.4 is 14.7 Å². The Labute approximate surface area is 297 Å². The molecule has 49 heavy (non-hydrogen) atoms. The molecule has 0 N–H and O–H groups in total. The summed E-state index contributed by atoms with van der Waals surface area (Å²) in [5, 5.41) is 0. The van der Waals surface area contributed by atoms with E-state index in [0.717, 1.165) is 5.92 Å². The molecule has 3 nitrogen and oxygen atoms in total.